The van der Waals surface area contributed by atoms with Crippen LogP contribution in [0.3, 0.4) is 0 Å². The summed E-state index contributed by atoms with van der Waals surface area (Å²) in [5, 5.41) is 9.12. The first-order valence-corrected chi connectivity index (χ1v) is 7.43. The van der Waals surface area contributed by atoms with Gasteiger partial charge >= 0.3 is 0 Å². The van der Waals surface area contributed by atoms with E-state index in [-0.39, 0.29) is 23.2 Å². The molecule has 1 aromatic carbocycles. The summed E-state index contributed by atoms with van der Waals surface area (Å²) in [6.07, 6.45) is -0.388. The Morgan fingerprint density at radius 2 is 1.71 bits per heavy atom. The molecule has 1 atom stereocenters. The molecule has 1 unspecified atom stereocenters. The van der Waals surface area contributed by atoms with Crippen LogP contribution in [0.4, 0.5) is 4.39 Å². The molecule has 1 aliphatic heterocycles. The van der Waals surface area contributed by atoms with E-state index in [1.807, 2.05) is 0 Å². The van der Waals surface area contributed by atoms with Gasteiger partial charge in [0.05, 0.1) is 11.5 Å². The second-order valence-corrected chi connectivity index (χ2v) is 6.79. The predicted molar refractivity (Wildman–Crippen MR) is 63.3 cm³/mol. The molecule has 1 fully saturated rings. The van der Waals surface area contributed by atoms with E-state index in [0.717, 1.165) is 0 Å². The zero-order chi connectivity index (χ0) is 12.5. The Morgan fingerprint density at radius 1 is 1.18 bits per heavy atom. The molecule has 1 aromatic rings. The SMILES string of the molecule is O=S1(=O)CCC(C(F)c2ccc(O)cc2)CC1. The van der Waals surface area contributed by atoms with Gasteiger partial charge in [-0.3, -0.25) is 0 Å². The maximum atomic E-state index is 14.1. The van der Waals surface area contributed by atoms with Crippen LogP contribution in [0.1, 0.15) is 24.6 Å². The monoisotopic (exact) mass is 258 g/mol. The van der Waals surface area contributed by atoms with Crippen LogP contribution >= 0.6 is 0 Å². The fourth-order valence-corrected chi connectivity index (χ4v) is 3.66. The van der Waals surface area contributed by atoms with Crippen molar-refractivity contribution in [2.45, 2.75) is 19.0 Å². The number of aromatic hydroxyl groups is 1. The molecule has 0 aliphatic carbocycles. The molecule has 17 heavy (non-hydrogen) atoms. The summed E-state index contributed by atoms with van der Waals surface area (Å²) in [5.74, 6) is 0.0297. The van der Waals surface area contributed by atoms with E-state index < -0.39 is 16.0 Å². The molecule has 3 nitrogen and oxygen atoms in total. The Kier molecular flexibility index (Phi) is 3.38. The molecule has 0 radical (unpaired) electrons. The molecular formula is C12H15FO3S. The fourth-order valence-electron chi connectivity index (χ4n) is 2.13. The van der Waals surface area contributed by atoms with Gasteiger partial charge in [-0.2, -0.15) is 0 Å². The van der Waals surface area contributed by atoms with Crippen LogP contribution in [-0.2, 0) is 9.84 Å². The first-order valence-electron chi connectivity index (χ1n) is 5.61. The maximum absolute atomic E-state index is 14.1. The van der Waals surface area contributed by atoms with Gasteiger partial charge in [-0.25, -0.2) is 12.8 Å². The topological polar surface area (TPSA) is 54.4 Å². The Hall–Kier alpha value is -1.10. The van der Waals surface area contributed by atoms with Crippen molar-refractivity contribution in [2.24, 2.45) is 5.92 Å². The van der Waals surface area contributed by atoms with Gasteiger partial charge in [0.2, 0.25) is 0 Å². The Bertz CT molecular complexity index is 467. The lowest BCUT2D eigenvalue weighted by molar-refractivity contribution is 0.217. The van der Waals surface area contributed by atoms with Crippen molar-refractivity contribution in [3.63, 3.8) is 0 Å². The minimum absolute atomic E-state index is 0.0795. The van der Waals surface area contributed by atoms with Crippen molar-refractivity contribution in [1.29, 1.82) is 0 Å². The zero-order valence-electron chi connectivity index (χ0n) is 9.34. The minimum Gasteiger partial charge on any atom is -0.508 e. The van der Waals surface area contributed by atoms with E-state index in [1.165, 1.54) is 12.1 Å². The highest BCUT2D eigenvalue weighted by Gasteiger charge is 2.30. The lowest BCUT2D eigenvalue weighted by Gasteiger charge is -2.25. The number of hydrogen-bond acceptors (Lipinski definition) is 3. The Labute approximate surface area is 100 Å². The third-order valence-corrected chi connectivity index (χ3v) is 4.94. The fraction of sp³-hybridized carbons (Fsp3) is 0.500. The average molecular weight is 258 g/mol. The largest absolute Gasteiger partial charge is 0.508 e. The molecule has 2 rings (SSSR count). The molecule has 0 saturated carbocycles. The molecule has 0 aromatic heterocycles. The highest BCUT2D eigenvalue weighted by molar-refractivity contribution is 7.91. The predicted octanol–water partition coefficient (Wildman–Crippen LogP) is 2.23. The first-order chi connectivity index (χ1) is 7.98. The van der Waals surface area contributed by atoms with Crippen molar-refractivity contribution >= 4 is 9.84 Å². The standard InChI is InChI=1S/C12H15FO3S/c13-12(9-1-3-11(14)4-2-9)10-5-7-17(15,16)8-6-10/h1-4,10,12,14H,5-8H2. The summed E-state index contributed by atoms with van der Waals surface area (Å²) >= 11 is 0. The number of benzene rings is 1. The zero-order valence-corrected chi connectivity index (χ0v) is 10.2. The van der Waals surface area contributed by atoms with Gasteiger partial charge in [0.25, 0.3) is 0 Å². The molecule has 0 amide bonds. The van der Waals surface area contributed by atoms with E-state index in [4.69, 9.17) is 5.11 Å². The van der Waals surface area contributed by atoms with Crippen molar-refractivity contribution < 1.29 is 17.9 Å². The normalized spacial score (nSPS) is 22.2. The van der Waals surface area contributed by atoms with Crippen LogP contribution < -0.4 is 0 Å². The molecule has 1 aliphatic rings. The molecular weight excluding hydrogens is 243 g/mol. The van der Waals surface area contributed by atoms with Crippen molar-refractivity contribution in [2.75, 3.05) is 11.5 Å². The van der Waals surface area contributed by atoms with Gasteiger partial charge in [-0.1, -0.05) is 12.1 Å². The van der Waals surface area contributed by atoms with Crippen LogP contribution in [0.15, 0.2) is 24.3 Å². The summed E-state index contributed by atoms with van der Waals surface area (Å²) in [4.78, 5) is 0. The summed E-state index contributed by atoms with van der Waals surface area (Å²) in [5.41, 5.74) is 0.507. The third-order valence-electron chi connectivity index (χ3n) is 3.22. The van der Waals surface area contributed by atoms with E-state index >= 15 is 0 Å². The van der Waals surface area contributed by atoms with Crippen LogP contribution in [0.2, 0.25) is 0 Å². The third kappa shape index (κ3) is 2.97. The molecule has 1 saturated heterocycles. The molecule has 0 spiro atoms. The van der Waals surface area contributed by atoms with E-state index in [9.17, 15) is 12.8 Å². The Balaban J connectivity index is 2.06. The number of phenols is 1. The van der Waals surface area contributed by atoms with Gasteiger partial charge < -0.3 is 5.11 Å². The summed E-state index contributed by atoms with van der Waals surface area (Å²) in [6, 6.07) is 5.98. The lowest BCUT2D eigenvalue weighted by atomic mass is 9.92. The van der Waals surface area contributed by atoms with Gasteiger partial charge in [-0.15, -0.1) is 0 Å². The summed E-state index contributed by atoms with van der Waals surface area (Å²) in [6.45, 7) is 0. The average Bonchev–Trinajstić information content (AvgIpc) is 2.29. The van der Waals surface area contributed by atoms with Gasteiger partial charge in [-0.05, 0) is 36.5 Å². The number of phenolic OH excluding ortho intramolecular Hbond substituents is 1. The van der Waals surface area contributed by atoms with E-state index in [0.29, 0.717) is 18.4 Å². The lowest BCUT2D eigenvalue weighted by Crippen LogP contribution is -2.25. The van der Waals surface area contributed by atoms with E-state index in [2.05, 4.69) is 0 Å². The molecule has 0 bridgehead atoms. The maximum Gasteiger partial charge on any atom is 0.150 e. The highest BCUT2D eigenvalue weighted by atomic mass is 32.2. The number of hydrogen-bond donors (Lipinski definition) is 1. The smallest absolute Gasteiger partial charge is 0.150 e. The van der Waals surface area contributed by atoms with E-state index in [1.54, 1.807) is 12.1 Å². The number of halogens is 1. The molecule has 1 N–H and O–H groups in total. The van der Waals surface area contributed by atoms with Crippen LogP contribution in [0.5, 0.6) is 5.75 Å². The Morgan fingerprint density at radius 3 is 2.24 bits per heavy atom. The summed E-state index contributed by atoms with van der Waals surface area (Å²) in [7, 11) is -2.94. The quantitative estimate of drug-likeness (QED) is 0.885. The van der Waals surface area contributed by atoms with Gasteiger partial charge in [0, 0.05) is 0 Å². The molecule has 94 valence electrons. The molecule has 5 heteroatoms. The van der Waals surface area contributed by atoms with Crippen molar-refractivity contribution in [1.82, 2.24) is 0 Å². The van der Waals surface area contributed by atoms with Gasteiger partial charge in [0.15, 0.2) is 0 Å². The second kappa shape index (κ2) is 4.64. The first kappa shape index (κ1) is 12.4. The summed E-state index contributed by atoms with van der Waals surface area (Å²) < 4.78 is 36.6. The number of sulfone groups is 1. The van der Waals surface area contributed by atoms with Gasteiger partial charge in [0.1, 0.15) is 21.8 Å². The second-order valence-electron chi connectivity index (χ2n) is 4.48. The van der Waals surface area contributed by atoms with Crippen molar-refractivity contribution in [3.8, 4) is 5.75 Å². The number of rotatable bonds is 2. The van der Waals surface area contributed by atoms with Crippen LogP contribution in [0.25, 0.3) is 0 Å². The highest BCUT2D eigenvalue weighted by Crippen LogP contribution is 2.34. The number of alkyl halides is 1. The minimum atomic E-state index is -2.94. The molecule has 1 heterocycles. The van der Waals surface area contributed by atoms with Crippen molar-refractivity contribution in [3.05, 3.63) is 29.8 Å². The van der Waals surface area contributed by atoms with Crippen LogP contribution in [0, 0.1) is 5.92 Å². The van der Waals surface area contributed by atoms with Crippen LogP contribution in [-0.4, -0.2) is 25.0 Å².